The summed E-state index contributed by atoms with van der Waals surface area (Å²) in [5.41, 5.74) is 4.73. The van der Waals surface area contributed by atoms with Gasteiger partial charge in [-0.05, 0) is 57.8 Å². The first-order chi connectivity index (χ1) is 15.4. The number of carbonyl (C=O) groups excluding carboxylic acids is 2. The van der Waals surface area contributed by atoms with E-state index in [1.807, 2.05) is 16.7 Å². The molecule has 2 aromatic rings. The van der Waals surface area contributed by atoms with Gasteiger partial charge in [0.15, 0.2) is 11.5 Å². The Kier molecular flexibility index (Phi) is 5.47. The first kappa shape index (κ1) is 21.1. The Labute approximate surface area is 188 Å². The molecule has 8 heteroatoms. The number of fused-ring (bicyclic) bond motifs is 2. The largest absolute Gasteiger partial charge is 0.327 e. The maximum absolute atomic E-state index is 13.6. The molecule has 0 saturated carbocycles. The standard InChI is InChI=1S/C24H32N6O2/c1-14(2)13-30-20(31)11-10-16-15(3)25-22(26-23(16)30)19-9-4-5-12-29(19)24(32)21-17-7-6-8-18(17)27-28-21/h14,19H,4-13H2,1-3H3,(H,27,28)/t19-/m1/s1. The van der Waals surface area contributed by atoms with Gasteiger partial charge in [0.05, 0.1) is 6.04 Å². The normalized spacial score (nSPS) is 20.6. The smallest absolute Gasteiger partial charge is 0.275 e. The number of likely N-dealkylation sites (tertiary alicyclic amines) is 1. The van der Waals surface area contributed by atoms with Crippen molar-refractivity contribution in [2.75, 3.05) is 18.0 Å². The van der Waals surface area contributed by atoms with Crippen LogP contribution in [-0.4, -0.2) is 50.0 Å². The van der Waals surface area contributed by atoms with E-state index in [-0.39, 0.29) is 17.9 Å². The van der Waals surface area contributed by atoms with Gasteiger partial charge in [0.1, 0.15) is 5.82 Å². The number of aromatic amines is 1. The van der Waals surface area contributed by atoms with E-state index in [0.29, 0.717) is 43.4 Å². The van der Waals surface area contributed by atoms with E-state index in [1.165, 1.54) is 0 Å². The zero-order valence-electron chi connectivity index (χ0n) is 19.3. The van der Waals surface area contributed by atoms with E-state index in [2.05, 4.69) is 24.0 Å². The molecular formula is C24H32N6O2. The number of H-pyrrole nitrogens is 1. The van der Waals surface area contributed by atoms with Gasteiger partial charge in [-0.15, -0.1) is 0 Å². The number of amides is 2. The van der Waals surface area contributed by atoms with Gasteiger partial charge in [-0.1, -0.05) is 13.8 Å². The topological polar surface area (TPSA) is 95.1 Å². The highest BCUT2D eigenvalue weighted by molar-refractivity contribution is 5.96. The molecule has 170 valence electrons. The van der Waals surface area contributed by atoms with Gasteiger partial charge in [-0.25, -0.2) is 9.97 Å². The Balaban J connectivity index is 1.51. The average Bonchev–Trinajstić information content (AvgIpc) is 3.39. The zero-order chi connectivity index (χ0) is 22.4. The minimum absolute atomic E-state index is 0.0248. The summed E-state index contributed by atoms with van der Waals surface area (Å²) in [6.45, 7) is 7.55. The summed E-state index contributed by atoms with van der Waals surface area (Å²) < 4.78 is 0. The molecule has 2 aromatic heterocycles. The number of nitrogens with zero attached hydrogens (tertiary/aromatic N) is 5. The second-order valence-corrected chi connectivity index (χ2v) is 9.76. The highest BCUT2D eigenvalue weighted by atomic mass is 16.2. The molecule has 1 saturated heterocycles. The zero-order valence-corrected chi connectivity index (χ0v) is 19.3. The van der Waals surface area contributed by atoms with Crippen molar-refractivity contribution in [1.82, 2.24) is 25.1 Å². The van der Waals surface area contributed by atoms with Crippen molar-refractivity contribution in [2.45, 2.75) is 78.2 Å². The van der Waals surface area contributed by atoms with Crippen LogP contribution in [0.4, 0.5) is 5.82 Å². The van der Waals surface area contributed by atoms with Crippen LogP contribution in [0.1, 0.15) is 90.8 Å². The molecule has 32 heavy (non-hydrogen) atoms. The molecule has 1 N–H and O–H groups in total. The molecule has 5 rings (SSSR count). The van der Waals surface area contributed by atoms with Crippen molar-refractivity contribution in [2.24, 2.45) is 5.92 Å². The van der Waals surface area contributed by atoms with Crippen LogP contribution < -0.4 is 4.90 Å². The Morgan fingerprint density at radius 3 is 2.75 bits per heavy atom. The fourth-order valence-corrected chi connectivity index (χ4v) is 5.38. The van der Waals surface area contributed by atoms with E-state index < -0.39 is 0 Å². The van der Waals surface area contributed by atoms with Crippen LogP contribution in [0.2, 0.25) is 0 Å². The Bertz CT molecular complexity index is 1060. The number of anilines is 1. The molecule has 0 spiro atoms. The van der Waals surface area contributed by atoms with Crippen LogP contribution in [0.15, 0.2) is 0 Å². The molecule has 0 aromatic carbocycles. The van der Waals surface area contributed by atoms with Crippen LogP contribution in [-0.2, 0) is 24.1 Å². The first-order valence-corrected chi connectivity index (χ1v) is 12.0. The second-order valence-electron chi connectivity index (χ2n) is 9.76. The Morgan fingerprint density at radius 1 is 1.09 bits per heavy atom. The SMILES string of the molecule is Cc1nc([C@H]2CCCCN2C(=O)c2n[nH]c3c2CCC3)nc2c1CCC(=O)N2CC(C)C. The van der Waals surface area contributed by atoms with Crippen molar-refractivity contribution in [3.8, 4) is 0 Å². The minimum atomic E-state index is -0.188. The molecule has 2 amide bonds. The maximum Gasteiger partial charge on any atom is 0.275 e. The Morgan fingerprint density at radius 2 is 1.94 bits per heavy atom. The molecule has 0 bridgehead atoms. The van der Waals surface area contributed by atoms with E-state index in [1.54, 1.807) is 0 Å². The van der Waals surface area contributed by atoms with Crippen LogP contribution in [0.3, 0.4) is 0 Å². The van der Waals surface area contributed by atoms with Gasteiger partial charge in [0.2, 0.25) is 5.91 Å². The highest BCUT2D eigenvalue weighted by Gasteiger charge is 2.36. The molecule has 1 aliphatic carbocycles. The van der Waals surface area contributed by atoms with E-state index in [9.17, 15) is 9.59 Å². The number of nitrogens with one attached hydrogen (secondary N) is 1. The Hall–Kier alpha value is -2.77. The highest BCUT2D eigenvalue weighted by Crippen LogP contribution is 2.35. The number of rotatable bonds is 4. The van der Waals surface area contributed by atoms with Crippen LogP contribution in [0.25, 0.3) is 0 Å². The van der Waals surface area contributed by atoms with E-state index >= 15 is 0 Å². The molecule has 4 heterocycles. The molecule has 1 atom stereocenters. The summed E-state index contributed by atoms with van der Waals surface area (Å²) in [5.74, 6) is 1.85. The molecule has 3 aliphatic rings. The first-order valence-electron chi connectivity index (χ1n) is 12.0. The molecular weight excluding hydrogens is 404 g/mol. The number of piperidine rings is 1. The fraction of sp³-hybridized carbons (Fsp3) is 0.625. The number of hydrogen-bond acceptors (Lipinski definition) is 5. The average molecular weight is 437 g/mol. The van der Waals surface area contributed by atoms with Gasteiger partial charge in [0, 0.05) is 42.0 Å². The number of aromatic nitrogens is 4. The summed E-state index contributed by atoms with van der Waals surface area (Å²) in [4.78, 5) is 39.8. The van der Waals surface area contributed by atoms with Gasteiger partial charge < -0.3 is 4.90 Å². The van der Waals surface area contributed by atoms with Crippen LogP contribution in [0.5, 0.6) is 0 Å². The molecule has 0 radical (unpaired) electrons. The lowest BCUT2D eigenvalue weighted by atomic mass is 9.98. The van der Waals surface area contributed by atoms with E-state index in [0.717, 1.165) is 66.9 Å². The fourth-order valence-electron chi connectivity index (χ4n) is 5.38. The number of aryl methyl sites for hydroxylation is 2. The van der Waals surface area contributed by atoms with Crippen molar-refractivity contribution in [1.29, 1.82) is 0 Å². The quantitative estimate of drug-likeness (QED) is 0.793. The molecule has 1 fully saturated rings. The summed E-state index contributed by atoms with van der Waals surface area (Å²) in [5, 5.41) is 7.44. The third kappa shape index (κ3) is 3.59. The summed E-state index contributed by atoms with van der Waals surface area (Å²) in [6, 6.07) is -0.188. The third-order valence-electron chi connectivity index (χ3n) is 6.97. The molecule has 0 unspecified atom stereocenters. The molecule has 8 nitrogen and oxygen atoms in total. The summed E-state index contributed by atoms with van der Waals surface area (Å²) in [6.07, 6.45) is 6.95. The number of hydrogen-bond donors (Lipinski definition) is 1. The second kappa shape index (κ2) is 8.30. The van der Waals surface area contributed by atoms with Crippen molar-refractivity contribution < 1.29 is 9.59 Å². The lowest BCUT2D eigenvalue weighted by molar-refractivity contribution is -0.119. The third-order valence-corrected chi connectivity index (χ3v) is 6.97. The van der Waals surface area contributed by atoms with Gasteiger partial charge >= 0.3 is 0 Å². The van der Waals surface area contributed by atoms with Crippen LogP contribution in [0, 0.1) is 12.8 Å². The maximum atomic E-state index is 13.6. The predicted octanol–water partition coefficient (Wildman–Crippen LogP) is 3.30. The summed E-state index contributed by atoms with van der Waals surface area (Å²) >= 11 is 0. The van der Waals surface area contributed by atoms with Crippen molar-refractivity contribution in [3.63, 3.8) is 0 Å². The van der Waals surface area contributed by atoms with Crippen molar-refractivity contribution in [3.05, 3.63) is 34.0 Å². The number of carbonyl (C=O) groups is 2. The minimum Gasteiger partial charge on any atom is -0.327 e. The van der Waals surface area contributed by atoms with E-state index in [4.69, 9.17) is 9.97 Å². The predicted molar refractivity (Wildman–Crippen MR) is 121 cm³/mol. The lowest BCUT2D eigenvalue weighted by Crippen LogP contribution is -2.42. The van der Waals surface area contributed by atoms with Gasteiger partial charge in [-0.3, -0.25) is 19.6 Å². The van der Waals surface area contributed by atoms with Crippen molar-refractivity contribution >= 4 is 17.6 Å². The monoisotopic (exact) mass is 436 g/mol. The molecule has 2 aliphatic heterocycles. The van der Waals surface area contributed by atoms with Crippen LogP contribution >= 0.6 is 0 Å². The van der Waals surface area contributed by atoms with Gasteiger partial charge in [0.25, 0.3) is 5.91 Å². The summed E-state index contributed by atoms with van der Waals surface area (Å²) in [7, 11) is 0. The lowest BCUT2D eigenvalue weighted by Gasteiger charge is -2.36. The van der Waals surface area contributed by atoms with Gasteiger partial charge in [-0.2, -0.15) is 5.10 Å².